The molecule has 0 saturated heterocycles. The Bertz CT molecular complexity index is 233. The van der Waals surface area contributed by atoms with Gasteiger partial charge in [0.25, 0.3) is 0 Å². The third-order valence-electron chi connectivity index (χ3n) is 1.84. The summed E-state index contributed by atoms with van der Waals surface area (Å²) in [5, 5.41) is 0. The van der Waals surface area contributed by atoms with Crippen molar-refractivity contribution in [3.8, 4) is 0 Å². The van der Waals surface area contributed by atoms with Gasteiger partial charge < -0.3 is 4.79 Å². The number of halogens is 1. The smallest absolute Gasteiger partial charge is 0.120 e. The van der Waals surface area contributed by atoms with Crippen molar-refractivity contribution in [2.75, 3.05) is 6.67 Å². The minimum atomic E-state index is -0.469. The maximum absolute atomic E-state index is 12.4. The van der Waals surface area contributed by atoms with Crippen molar-refractivity contribution in [2.45, 2.75) is 12.3 Å². The molecule has 0 aromatic heterocycles. The number of carbonyl (C=O) groups is 1. The molecule has 1 rings (SSSR count). The standard InChI is InChI=1S/C10H11FO/c11-8-10(6-7-12)9-4-2-1-3-5-9/h1-5,7,10H,6,8H2. The lowest BCUT2D eigenvalue weighted by Gasteiger charge is -2.08. The topological polar surface area (TPSA) is 17.1 Å². The molecule has 0 saturated carbocycles. The number of rotatable bonds is 4. The summed E-state index contributed by atoms with van der Waals surface area (Å²) in [5.74, 6) is -0.260. The van der Waals surface area contributed by atoms with Gasteiger partial charge in [-0.3, -0.25) is 4.39 Å². The molecule has 1 nitrogen and oxygen atoms in total. The summed E-state index contributed by atoms with van der Waals surface area (Å²) in [6, 6.07) is 9.26. The van der Waals surface area contributed by atoms with E-state index in [2.05, 4.69) is 0 Å². The fraction of sp³-hybridized carbons (Fsp3) is 0.300. The number of hydrogen-bond acceptors (Lipinski definition) is 1. The second-order valence-electron chi connectivity index (χ2n) is 2.66. The van der Waals surface area contributed by atoms with Gasteiger partial charge in [0.1, 0.15) is 6.29 Å². The highest BCUT2D eigenvalue weighted by atomic mass is 19.1. The number of benzene rings is 1. The monoisotopic (exact) mass is 166 g/mol. The van der Waals surface area contributed by atoms with E-state index < -0.39 is 6.67 Å². The first-order valence-electron chi connectivity index (χ1n) is 3.93. The molecule has 0 bridgehead atoms. The second-order valence-corrected chi connectivity index (χ2v) is 2.66. The lowest BCUT2D eigenvalue weighted by Crippen LogP contribution is -2.01. The Kier molecular flexibility index (Phi) is 3.45. The van der Waals surface area contributed by atoms with Gasteiger partial charge in [0.15, 0.2) is 0 Å². The van der Waals surface area contributed by atoms with E-state index >= 15 is 0 Å². The van der Waals surface area contributed by atoms with E-state index in [1.807, 2.05) is 30.3 Å². The van der Waals surface area contributed by atoms with E-state index in [1.54, 1.807) is 0 Å². The van der Waals surface area contributed by atoms with Crippen molar-refractivity contribution < 1.29 is 9.18 Å². The Hall–Kier alpha value is -1.18. The van der Waals surface area contributed by atoms with Crippen LogP contribution in [-0.4, -0.2) is 13.0 Å². The maximum Gasteiger partial charge on any atom is 0.120 e. The van der Waals surface area contributed by atoms with Crippen molar-refractivity contribution in [2.24, 2.45) is 0 Å². The molecule has 0 aliphatic carbocycles. The first-order chi connectivity index (χ1) is 5.88. The van der Waals surface area contributed by atoms with Crippen LogP contribution in [0, 0.1) is 0 Å². The number of carbonyl (C=O) groups excluding carboxylic acids is 1. The average molecular weight is 166 g/mol. The molecule has 0 fully saturated rings. The Morgan fingerprint density at radius 1 is 1.33 bits per heavy atom. The molecule has 0 radical (unpaired) electrons. The molecule has 0 aliphatic rings. The lowest BCUT2D eigenvalue weighted by atomic mass is 9.98. The summed E-state index contributed by atoms with van der Waals surface area (Å²) in [4.78, 5) is 10.2. The van der Waals surface area contributed by atoms with Crippen LogP contribution in [-0.2, 0) is 4.79 Å². The fourth-order valence-corrected chi connectivity index (χ4v) is 1.13. The van der Waals surface area contributed by atoms with Gasteiger partial charge in [-0.2, -0.15) is 0 Å². The Labute approximate surface area is 71.2 Å². The van der Waals surface area contributed by atoms with Crippen LogP contribution >= 0.6 is 0 Å². The van der Waals surface area contributed by atoms with Gasteiger partial charge >= 0.3 is 0 Å². The zero-order valence-electron chi connectivity index (χ0n) is 6.74. The highest BCUT2D eigenvalue weighted by molar-refractivity contribution is 5.51. The molecular formula is C10H11FO. The van der Waals surface area contributed by atoms with Crippen LogP contribution in [0.15, 0.2) is 30.3 Å². The van der Waals surface area contributed by atoms with Gasteiger partial charge in [0, 0.05) is 12.3 Å². The van der Waals surface area contributed by atoms with E-state index in [4.69, 9.17) is 0 Å². The van der Waals surface area contributed by atoms with Crippen LogP contribution in [0.4, 0.5) is 4.39 Å². The van der Waals surface area contributed by atoms with Gasteiger partial charge in [-0.25, -0.2) is 0 Å². The highest BCUT2D eigenvalue weighted by Gasteiger charge is 2.08. The maximum atomic E-state index is 12.4. The quantitative estimate of drug-likeness (QED) is 0.627. The van der Waals surface area contributed by atoms with Crippen molar-refractivity contribution >= 4 is 6.29 Å². The van der Waals surface area contributed by atoms with Crippen LogP contribution in [0.25, 0.3) is 0 Å². The Morgan fingerprint density at radius 3 is 2.50 bits per heavy atom. The predicted molar refractivity (Wildman–Crippen MR) is 45.8 cm³/mol. The largest absolute Gasteiger partial charge is 0.303 e. The van der Waals surface area contributed by atoms with Crippen LogP contribution in [0.1, 0.15) is 17.9 Å². The van der Waals surface area contributed by atoms with Crippen molar-refractivity contribution in [1.82, 2.24) is 0 Å². The van der Waals surface area contributed by atoms with Gasteiger partial charge in [-0.1, -0.05) is 30.3 Å². The molecule has 1 aromatic rings. The molecule has 64 valence electrons. The second kappa shape index (κ2) is 4.65. The molecular weight excluding hydrogens is 155 g/mol. The fourth-order valence-electron chi connectivity index (χ4n) is 1.13. The highest BCUT2D eigenvalue weighted by Crippen LogP contribution is 2.18. The molecule has 2 heteroatoms. The Balaban J connectivity index is 2.72. The third-order valence-corrected chi connectivity index (χ3v) is 1.84. The van der Waals surface area contributed by atoms with Crippen molar-refractivity contribution in [3.63, 3.8) is 0 Å². The summed E-state index contributed by atoms with van der Waals surface area (Å²) >= 11 is 0. The lowest BCUT2D eigenvalue weighted by molar-refractivity contribution is -0.108. The molecule has 1 atom stereocenters. The third kappa shape index (κ3) is 2.16. The zero-order valence-corrected chi connectivity index (χ0v) is 6.74. The molecule has 0 amide bonds. The molecule has 0 N–H and O–H groups in total. The van der Waals surface area contributed by atoms with E-state index in [-0.39, 0.29) is 12.3 Å². The molecule has 0 aliphatic heterocycles. The zero-order chi connectivity index (χ0) is 8.81. The van der Waals surface area contributed by atoms with Crippen LogP contribution in [0.3, 0.4) is 0 Å². The first-order valence-corrected chi connectivity index (χ1v) is 3.93. The molecule has 1 aromatic carbocycles. The SMILES string of the molecule is O=CCC(CF)c1ccccc1. The molecule has 0 heterocycles. The van der Waals surface area contributed by atoms with Gasteiger partial charge in [0.2, 0.25) is 0 Å². The van der Waals surface area contributed by atoms with Crippen molar-refractivity contribution in [3.05, 3.63) is 35.9 Å². The molecule has 1 unspecified atom stereocenters. The van der Waals surface area contributed by atoms with Crippen LogP contribution in [0.2, 0.25) is 0 Å². The summed E-state index contributed by atoms with van der Waals surface area (Å²) in [6.45, 7) is -0.469. The van der Waals surface area contributed by atoms with Gasteiger partial charge in [-0.05, 0) is 5.56 Å². The first kappa shape index (κ1) is 8.91. The number of hydrogen-bond donors (Lipinski definition) is 0. The number of aldehydes is 1. The van der Waals surface area contributed by atoms with Crippen LogP contribution in [0.5, 0.6) is 0 Å². The minimum Gasteiger partial charge on any atom is -0.303 e. The Morgan fingerprint density at radius 2 is 2.00 bits per heavy atom. The summed E-state index contributed by atoms with van der Waals surface area (Å²) in [7, 11) is 0. The van der Waals surface area contributed by atoms with Gasteiger partial charge in [0.05, 0.1) is 6.67 Å². The predicted octanol–water partition coefficient (Wildman–Crippen LogP) is 2.33. The summed E-state index contributed by atoms with van der Waals surface area (Å²) in [6.07, 6.45) is 1.03. The summed E-state index contributed by atoms with van der Waals surface area (Å²) < 4.78 is 12.4. The molecule has 0 spiro atoms. The minimum absolute atomic E-state index is 0.260. The molecule has 12 heavy (non-hydrogen) atoms. The van der Waals surface area contributed by atoms with Gasteiger partial charge in [-0.15, -0.1) is 0 Å². The van der Waals surface area contributed by atoms with E-state index in [1.165, 1.54) is 0 Å². The van der Waals surface area contributed by atoms with E-state index in [0.29, 0.717) is 0 Å². The normalized spacial score (nSPS) is 12.4. The van der Waals surface area contributed by atoms with E-state index in [9.17, 15) is 9.18 Å². The van der Waals surface area contributed by atoms with E-state index in [0.717, 1.165) is 11.8 Å². The average Bonchev–Trinajstić information content (AvgIpc) is 2.15. The summed E-state index contributed by atoms with van der Waals surface area (Å²) in [5.41, 5.74) is 0.895. The van der Waals surface area contributed by atoms with Crippen molar-refractivity contribution in [1.29, 1.82) is 0 Å². The number of alkyl halides is 1. The van der Waals surface area contributed by atoms with Crippen LogP contribution < -0.4 is 0 Å².